The fraction of sp³-hybridized carbons (Fsp3) is 0.500. The maximum absolute atomic E-state index is 12.6. The number of carbonyl (C=O) groups is 1. The number of pyridine rings is 1. The summed E-state index contributed by atoms with van der Waals surface area (Å²) >= 11 is 13.0. The molecule has 0 radical (unpaired) electrons. The fourth-order valence-corrected chi connectivity index (χ4v) is 4.74. The van der Waals surface area contributed by atoms with Crippen molar-refractivity contribution in [1.82, 2.24) is 10.3 Å². The van der Waals surface area contributed by atoms with Crippen LogP contribution in [-0.4, -0.2) is 56.5 Å². The molecule has 1 amide bonds. The van der Waals surface area contributed by atoms with Crippen LogP contribution in [0.15, 0.2) is 30.5 Å². The van der Waals surface area contributed by atoms with Crippen LogP contribution in [0.4, 0.5) is 11.5 Å². The number of aromatic nitrogens is 1. The molecule has 0 bridgehead atoms. The molecule has 0 saturated carbocycles. The lowest BCUT2D eigenvalue weighted by Gasteiger charge is -2.36. The standard InChI is InChI=1S/C24H30Cl2N4O3/c1-32-24(6-9-33-10-7-24)15-29-17-4-5-20(25)18(11-17)19-12-22(28-14-21(19)26)30-23(31)16-3-2-8-27-13-16/h4-5,11-12,14,16,27,29H,2-3,6-10,13,15H2,1H3,(H,28,30,31)/t16-/m1/s1. The third-order valence-electron chi connectivity index (χ3n) is 6.48. The van der Waals surface area contributed by atoms with Gasteiger partial charge in [-0.15, -0.1) is 0 Å². The van der Waals surface area contributed by atoms with Crippen molar-refractivity contribution in [2.75, 3.05) is 50.6 Å². The summed E-state index contributed by atoms with van der Waals surface area (Å²) in [5, 5.41) is 10.7. The van der Waals surface area contributed by atoms with E-state index in [9.17, 15) is 4.79 Å². The van der Waals surface area contributed by atoms with E-state index in [1.54, 1.807) is 19.4 Å². The fourth-order valence-electron chi connectivity index (χ4n) is 4.32. The molecule has 2 fully saturated rings. The van der Waals surface area contributed by atoms with Crippen LogP contribution in [0.1, 0.15) is 25.7 Å². The van der Waals surface area contributed by atoms with Crippen LogP contribution in [0.2, 0.25) is 10.0 Å². The molecule has 178 valence electrons. The lowest BCUT2D eigenvalue weighted by Crippen LogP contribution is -2.44. The van der Waals surface area contributed by atoms with Crippen molar-refractivity contribution in [3.8, 4) is 11.1 Å². The van der Waals surface area contributed by atoms with Gasteiger partial charge < -0.3 is 25.4 Å². The molecule has 33 heavy (non-hydrogen) atoms. The molecular weight excluding hydrogens is 463 g/mol. The summed E-state index contributed by atoms with van der Waals surface area (Å²) in [6.07, 6.45) is 5.08. The van der Waals surface area contributed by atoms with Gasteiger partial charge in [0.15, 0.2) is 0 Å². The molecule has 2 saturated heterocycles. The minimum atomic E-state index is -0.252. The number of halogens is 2. The Bertz CT molecular complexity index is 976. The molecule has 1 atom stereocenters. The molecule has 3 heterocycles. The second kappa shape index (κ2) is 11.0. The number of amides is 1. The van der Waals surface area contributed by atoms with E-state index in [1.165, 1.54) is 0 Å². The molecule has 1 aromatic carbocycles. The number of ether oxygens (including phenoxy) is 2. The van der Waals surface area contributed by atoms with Gasteiger partial charge in [-0.3, -0.25) is 4.79 Å². The lowest BCUT2D eigenvalue weighted by atomic mass is 9.94. The van der Waals surface area contributed by atoms with E-state index in [0.29, 0.717) is 47.7 Å². The normalized spacial score (nSPS) is 20.3. The van der Waals surface area contributed by atoms with Gasteiger partial charge in [0.1, 0.15) is 5.82 Å². The van der Waals surface area contributed by atoms with Crippen LogP contribution in [0.5, 0.6) is 0 Å². The Kier molecular flexibility index (Phi) is 8.09. The number of rotatable bonds is 7. The molecule has 3 N–H and O–H groups in total. The summed E-state index contributed by atoms with van der Waals surface area (Å²) in [6, 6.07) is 7.51. The van der Waals surface area contributed by atoms with Gasteiger partial charge in [-0.1, -0.05) is 23.2 Å². The third kappa shape index (κ3) is 5.97. The summed E-state index contributed by atoms with van der Waals surface area (Å²) in [5.74, 6) is 0.361. The Hall–Kier alpha value is -1.90. The van der Waals surface area contributed by atoms with Gasteiger partial charge in [0, 0.05) is 74.3 Å². The van der Waals surface area contributed by atoms with Gasteiger partial charge >= 0.3 is 0 Å². The third-order valence-corrected chi connectivity index (χ3v) is 7.11. The second-order valence-corrected chi connectivity index (χ2v) is 9.44. The zero-order chi connectivity index (χ0) is 23.3. The number of methoxy groups -OCH3 is 1. The van der Waals surface area contributed by atoms with Crippen LogP contribution in [0.3, 0.4) is 0 Å². The van der Waals surface area contributed by atoms with Gasteiger partial charge in [-0.05, 0) is 43.7 Å². The minimum Gasteiger partial charge on any atom is -0.382 e. The molecule has 2 aromatic rings. The van der Waals surface area contributed by atoms with E-state index in [0.717, 1.165) is 43.5 Å². The number of nitrogens with zero attached hydrogens (tertiary/aromatic N) is 1. The maximum Gasteiger partial charge on any atom is 0.229 e. The quantitative estimate of drug-likeness (QED) is 0.523. The largest absolute Gasteiger partial charge is 0.382 e. The van der Waals surface area contributed by atoms with Gasteiger partial charge in [0.25, 0.3) is 0 Å². The van der Waals surface area contributed by atoms with E-state index in [1.807, 2.05) is 18.2 Å². The molecule has 4 rings (SSSR count). The number of hydrogen-bond donors (Lipinski definition) is 3. The minimum absolute atomic E-state index is 0.0363. The van der Waals surface area contributed by atoms with E-state index >= 15 is 0 Å². The molecule has 0 spiro atoms. The van der Waals surface area contributed by atoms with Crippen LogP contribution >= 0.6 is 23.2 Å². The Labute approximate surface area is 204 Å². The van der Waals surface area contributed by atoms with Crippen molar-refractivity contribution < 1.29 is 14.3 Å². The molecule has 7 nitrogen and oxygen atoms in total. The van der Waals surface area contributed by atoms with Crippen molar-refractivity contribution in [3.63, 3.8) is 0 Å². The SMILES string of the molecule is COC1(CNc2ccc(Cl)c(-c3cc(NC(=O)[C@@H]4CCCNC4)ncc3Cl)c2)CCOCC1. The van der Waals surface area contributed by atoms with E-state index in [-0.39, 0.29) is 17.4 Å². The number of hydrogen-bond acceptors (Lipinski definition) is 6. The second-order valence-electron chi connectivity index (χ2n) is 8.63. The topological polar surface area (TPSA) is 84.5 Å². The zero-order valence-corrected chi connectivity index (χ0v) is 20.3. The van der Waals surface area contributed by atoms with Gasteiger partial charge in [0.05, 0.1) is 16.5 Å². The summed E-state index contributed by atoms with van der Waals surface area (Å²) in [5.41, 5.74) is 2.13. The summed E-state index contributed by atoms with van der Waals surface area (Å²) in [6.45, 7) is 3.68. The first kappa shape index (κ1) is 24.2. The van der Waals surface area contributed by atoms with Gasteiger partial charge in [0.2, 0.25) is 5.91 Å². The zero-order valence-electron chi connectivity index (χ0n) is 18.8. The number of benzene rings is 1. The number of anilines is 2. The average Bonchev–Trinajstić information content (AvgIpc) is 2.86. The highest BCUT2D eigenvalue weighted by atomic mass is 35.5. The predicted molar refractivity (Wildman–Crippen MR) is 132 cm³/mol. The average molecular weight is 493 g/mol. The van der Waals surface area contributed by atoms with E-state index < -0.39 is 0 Å². The Morgan fingerprint density at radius 3 is 2.76 bits per heavy atom. The summed E-state index contributed by atoms with van der Waals surface area (Å²) in [7, 11) is 1.75. The smallest absolute Gasteiger partial charge is 0.229 e. The highest BCUT2D eigenvalue weighted by Crippen LogP contribution is 2.36. The van der Waals surface area contributed by atoms with E-state index in [4.69, 9.17) is 32.7 Å². The first-order valence-corrected chi connectivity index (χ1v) is 12.1. The molecular formula is C24H30Cl2N4O3. The maximum atomic E-state index is 12.6. The first-order chi connectivity index (χ1) is 16.0. The first-order valence-electron chi connectivity index (χ1n) is 11.3. The number of piperidine rings is 1. The monoisotopic (exact) mass is 492 g/mol. The van der Waals surface area contributed by atoms with Crippen molar-refractivity contribution in [1.29, 1.82) is 0 Å². The number of carbonyl (C=O) groups excluding carboxylic acids is 1. The summed E-state index contributed by atoms with van der Waals surface area (Å²) < 4.78 is 11.3. The molecule has 0 unspecified atom stereocenters. The van der Waals surface area contributed by atoms with E-state index in [2.05, 4.69) is 20.9 Å². The molecule has 9 heteroatoms. The van der Waals surface area contributed by atoms with Gasteiger partial charge in [-0.25, -0.2) is 4.98 Å². The number of nitrogens with one attached hydrogen (secondary N) is 3. The van der Waals surface area contributed by atoms with Crippen molar-refractivity contribution in [2.45, 2.75) is 31.3 Å². The Morgan fingerprint density at radius 2 is 2.03 bits per heavy atom. The van der Waals surface area contributed by atoms with Gasteiger partial charge in [-0.2, -0.15) is 0 Å². The molecule has 1 aromatic heterocycles. The van der Waals surface area contributed by atoms with Crippen LogP contribution < -0.4 is 16.0 Å². The highest BCUT2D eigenvalue weighted by Gasteiger charge is 2.32. The predicted octanol–water partition coefficient (Wildman–Crippen LogP) is 4.60. The highest BCUT2D eigenvalue weighted by molar-refractivity contribution is 6.36. The van der Waals surface area contributed by atoms with Crippen LogP contribution in [0.25, 0.3) is 11.1 Å². The Balaban J connectivity index is 1.51. The molecule has 0 aliphatic carbocycles. The molecule has 2 aliphatic rings. The van der Waals surface area contributed by atoms with Crippen molar-refractivity contribution >= 4 is 40.6 Å². The molecule has 2 aliphatic heterocycles. The van der Waals surface area contributed by atoms with Crippen LogP contribution in [-0.2, 0) is 14.3 Å². The van der Waals surface area contributed by atoms with Crippen LogP contribution in [0, 0.1) is 5.92 Å². The van der Waals surface area contributed by atoms with Crippen molar-refractivity contribution in [3.05, 3.63) is 40.5 Å². The lowest BCUT2D eigenvalue weighted by molar-refractivity contribution is -0.120. The van der Waals surface area contributed by atoms with Crippen molar-refractivity contribution in [2.24, 2.45) is 5.92 Å². The Morgan fingerprint density at radius 1 is 1.24 bits per heavy atom. The summed E-state index contributed by atoms with van der Waals surface area (Å²) in [4.78, 5) is 16.9.